The van der Waals surface area contributed by atoms with E-state index in [1.807, 2.05) is 6.92 Å². The van der Waals surface area contributed by atoms with Crippen LogP contribution >= 0.6 is 0 Å². The van der Waals surface area contributed by atoms with Crippen molar-refractivity contribution in [2.24, 2.45) is 5.73 Å². The van der Waals surface area contributed by atoms with Gasteiger partial charge in [-0.25, -0.2) is 0 Å². The molecule has 0 aromatic carbocycles. The summed E-state index contributed by atoms with van der Waals surface area (Å²) in [5.74, 6) is 0.0546. The topological polar surface area (TPSA) is 58.4 Å². The second-order valence-corrected chi connectivity index (χ2v) is 3.75. The van der Waals surface area contributed by atoms with E-state index in [2.05, 4.69) is 16.8 Å². The van der Waals surface area contributed by atoms with Gasteiger partial charge in [0.2, 0.25) is 5.91 Å². The fourth-order valence-electron chi connectivity index (χ4n) is 1.65. The fourth-order valence-corrected chi connectivity index (χ4v) is 1.65. The number of hydrogen-bond acceptors (Lipinski definition) is 3. The summed E-state index contributed by atoms with van der Waals surface area (Å²) >= 11 is 0. The van der Waals surface area contributed by atoms with Crippen molar-refractivity contribution in [2.75, 3.05) is 19.6 Å². The second kappa shape index (κ2) is 5.12. The molecule has 3 N–H and O–H groups in total. The molecule has 0 spiro atoms. The van der Waals surface area contributed by atoms with E-state index in [0.29, 0.717) is 6.54 Å². The first kappa shape index (κ1) is 11.2. The molecule has 0 aromatic heterocycles. The molecule has 1 aliphatic heterocycles. The highest BCUT2D eigenvalue weighted by Crippen LogP contribution is 2.10. The molecule has 0 aliphatic carbocycles. The predicted molar refractivity (Wildman–Crippen MR) is 56.8 cm³/mol. The lowest BCUT2D eigenvalue weighted by Crippen LogP contribution is -2.44. The van der Waals surface area contributed by atoms with Crippen LogP contribution in [-0.4, -0.2) is 42.5 Å². The van der Waals surface area contributed by atoms with Gasteiger partial charge in [0.1, 0.15) is 0 Å². The molecule has 0 radical (unpaired) electrons. The number of nitrogens with two attached hydrogens (primary N) is 1. The van der Waals surface area contributed by atoms with Crippen LogP contribution in [0.5, 0.6) is 0 Å². The lowest BCUT2D eigenvalue weighted by Gasteiger charge is -2.22. The standard InChI is InChI=1S/C10H19N3O/c1-3-5-12-10(14)8(2)13-6-4-9(11)7-13/h3,8-9H,1,4-7,11H2,2H3,(H,12,14)/t8?,9-/m1/s1. The Morgan fingerprint density at radius 3 is 3.07 bits per heavy atom. The molecule has 4 nitrogen and oxygen atoms in total. The molecule has 1 amide bonds. The normalized spacial score (nSPS) is 24.6. The minimum Gasteiger partial charge on any atom is -0.351 e. The molecule has 2 atom stereocenters. The van der Waals surface area contributed by atoms with Gasteiger partial charge in [-0.1, -0.05) is 6.08 Å². The summed E-state index contributed by atoms with van der Waals surface area (Å²) in [4.78, 5) is 13.7. The predicted octanol–water partition coefficient (Wildman–Crippen LogP) is -0.290. The van der Waals surface area contributed by atoms with Crippen molar-refractivity contribution in [3.63, 3.8) is 0 Å². The van der Waals surface area contributed by atoms with Gasteiger partial charge in [0.05, 0.1) is 6.04 Å². The lowest BCUT2D eigenvalue weighted by atomic mass is 10.2. The van der Waals surface area contributed by atoms with Crippen molar-refractivity contribution < 1.29 is 4.79 Å². The first-order chi connectivity index (χ1) is 6.65. The Morgan fingerprint density at radius 1 is 1.86 bits per heavy atom. The molecule has 1 heterocycles. The van der Waals surface area contributed by atoms with E-state index in [1.54, 1.807) is 6.08 Å². The van der Waals surface area contributed by atoms with E-state index in [9.17, 15) is 4.79 Å². The zero-order valence-electron chi connectivity index (χ0n) is 8.70. The highest BCUT2D eigenvalue weighted by atomic mass is 16.2. The third-order valence-corrected chi connectivity index (χ3v) is 2.60. The van der Waals surface area contributed by atoms with Gasteiger partial charge in [-0.05, 0) is 13.3 Å². The minimum atomic E-state index is -0.0801. The summed E-state index contributed by atoms with van der Waals surface area (Å²) in [6.45, 7) is 7.74. The van der Waals surface area contributed by atoms with Crippen molar-refractivity contribution in [1.82, 2.24) is 10.2 Å². The Hall–Kier alpha value is -0.870. The largest absolute Gasteiger partial charge is 0.351 e. The van der Waals surface area contributed by atoms with E-state index >= 15 is 0 Å². The molecule has 1 saturated heterocycles. The number of amides is 1. The molecule has 0 aromatic rings. The smallest absolute Gasteiger partial charge is 0.237 e. The van der Waals surface area contributed by atoms with Crippen LogP contribution in [0, 0.1) is 0 Å². The molecule has 1 rings (SSSR count). The Balaban J connectivity index is 2.36. The summed E-state index contributed by atoms with van der Waals surface area (Å²) < 4.78 is 0. The van der Waals surface area contributed by atoms with E-state index in [1.165, 1.54) is 0 Å². The molecule has 1 unspecified atom stereocenters. The average Bonchev–Trinajstić information content (AvgIpc) is 2.60. The lowest BCUT2D eigenvalue weighted by molar-refractivity contribution is -0.125. The van der Waals surface area contributed by atoms with E-state index < -0.39 is 0 Å². The summed E-state index contributed by atoms with van der Waals surface area (Å²) in [7, 11) is 0. The Kier molecular flexibility index (Phi) is 4.10. The van der Waals surface area contributed by atoms with Gasteiger partial charge in [0.15, 0.2) is 0 Å². The Labute approximate surface area is 85.1 Å². The highest BCUT2D eigenvalue weighted by molar-refractivity contribution is 5.81. The van der Waals surface area contributed by atoms with Gasteiger partial charge in [-0.2, -0.15) is 0 Å². The molecule has 14 heavy (non-hydrogen) atoms. The van der Waals surface area contributed by atoms with Crippen LogP contribution in [0.25, 0.3) is 0 Å². The zero-order valence-corrected chi connectivity index (χ0v) is 8.70. The van der Waals surface area contributed by atoms with Crippen LogP contribution in [0.2, 0.25) is 0 Å². The molecule has 80 valence electrons. The Bertz CT molecular complexity index is 217. The van der Waals surface area contributed by atoms with Gasteiger partial charge >= 0.3 is 0 Å². The maximum atomic E-state index is 11.6. The minimum absolute atomic E-state index is 0.0546. The molecule has 4 heteroatoms. The summed E-state index contributed by atoms with van der Waals surface area (Å²) in [5, 5.41) is 2.78. The van der Waals surface area contributed by atoms with Crippen molar-refractivity contribution in [3.8, 4) is 0 Å². The van der Waals surface area contributed by atoms with E-state index in [4.69, 9.17) is 5.73 Å². The zero-order chi connectivity index (χ0) is 10.6. The van der Waals surface area contributed by atoms with Crippen LogP contribution < -0.4 is 11.1 Å². The molecule has 1 aliphatic rings. The van der Waals surface area contributed by atoms with Gasteiger partial charge in [-0.3, -0.25) is 9.69 Å². The maximum absolute atomic E-state index is 11.6. The van der Waals surface area contributed by atoms with Gasteiger partial charge in [0, 0.05) is 25.7 Å². The van der Waals surface area contributed by atoms with Crippen molar-refractivity contribution >= 4 is 5.91 Å². The number of carbonyl (C=O) groups is 1. The van der Waals surface area contributed by atoms with Gasteiger partial charge in [-0.15, -0.1) is 6.58 Å². The summed E-state index contributed by atoms with van der Waals surface area (Å²) in [5.41, 5.74) is 5.77. The SMILES string of the molecule is C=CCNC(=O)C(C)N1CC[C@@H](N)C1. The van der Waals surface area contributed by atoms with Crippen molar-refractivity contribution in [3.05, 3.63) is 12.7 Å². The number of carbonyl (C=O) groups excluding carboxylic acids is 1. The summed E-state index contributed by atoms with van der Waals surface area (Å²) in [6, 6.07) is 0.146. The van der Waals surface area contributed by atoms with Crippen LogP contribution in [-0.2, 0) is 4.79 Å². The van der Waals surface area contributed by atoms with Gasteiger partial charge in [0.25, 0.3) is 0 Å². The monoisotopic (exact) mass is 197 g/mol. The number of rotatable bonds is 4. The van der Waals surface area contributed by atoms with Crippen molar-refractivity contribution in [2.45, 2.75) is 25.4 Å². The fraction of sp³-hybridized carbons (Fsp3) is 0.700. The maximum Gasteiger partial charge on any atom is 0.237 e. The third kappa shape index (κ3) is 2.82. The number of nitrogens with zero attached hydrogens (tertiary/aromatic N) is 1. The van der Waals surface area contributed by atoms with Crippen molar-refractivity contribution in [1.29, 1.82) is 0 Å². The average molecular weight is 197 g/mol. The molecular weight excluding hydrogens is 178 g/mol. The first-order valence-corrected chi connectivity index (χ1v) is 5.03. The number of hydrogen-bond donors (Lipinski definition) is 2. The van der Waals surface area contributed by atoms with E-state index in [0.717, 1.165) is 19.5 Å². The second-order valence-electron chi connectivity index (χ2n) is 3.75. The number of nitrogens with one attached hydrogen (secondary N) is 1. The molecular formula is C10H19N3O. The van der Waals surface area contributed by atoms with Crippen LogP contribution in [0.4, 0.5) is 0 Å². The van der Waals surface area contributed by atoms with E-state index in [-0.39, 0.29) is 18.0 Å². The first-order valence-electron chi connectivity index (χ1n) is 5.03. The Morgan fingerprint density at radius 2 is 2.57 bits per heavy atom. The van der Waals surface area contributed by atoms with Crippen LogP contribution in [0.3, 0.4) is 0 Å². The molecule has 0 saturated carbocycles. The third-order valence-electron chi connectivity index (χ3n) is 2.60. The molecule has 0 bridgehead atoms. The number of likely N-dealkylation sites (tertiary alicyclic amines) is 1. The summed E-state index contributed by atoms with van der Waals surface area (Å²) in [6.07, 6.45) is 2.67. The van der Waals surface area contributed by atoms with Crippen LogP contribution in [0.1, 0.15) is 13.3 Å². The quantitative estimate of drug-likeness (QED) is 0.609. The van der Waals surface area contributed by atoms with Crippen LogP contribution in [0.15, 0.2) is 12.7 Å². The van der Waals surface area contributed by atoms with Gasteiger partial charge < -0.3 is 11.1 Å². The highest BCUT2D eigenvalue weighted by Gasteiger charge is 2.27. The molecule has 1 fully saturated rings.